The van der Waals surface area contributed by atoms with Gasteiger partial charge in [-0.15, -0.1) is 0 Å². The van der Waals surface area contributed by atoms with Crippen molar-refractivity contribution in [1.29, 1.82) is 0 Å². The second-order valence-electron chi connectivity index (χ2n) is 18.5. The number of furan rings is 1. The molecule has 0 fully saturated rings. The largest absolute Gasteiger partial charge is 0.456 e. The van der Waals surface area contributed by atoms with Crippen molar-refractivity contribution in [3.05, 3.63) is 246 Å². The molecule has 312 valence electrons. The number of para-hydroxylation sites is 2. The molecule has 0 saturated heterocycles. The van der Waals surface area contributed by atoms with Crippen LogP contribution in [0.4, 0.5) is 0 Å². The van der Waals surface area contributed by atoms with Crippen molar-refractivity contribution in [2.45, 2.75) is 25.7 Å². The van der Waals surface area contributed by atoms with E-state index in [1.165, 1.54) is 105 Å². The maximum absolute atomic E-state index is 6.13. The first kappa shape index (κ1) is 38.3. The number of nitrogens with zero attached hydrogens (tertiary/aromatic N) is 1. The van der Waals surface area contributed by atoms with E-state index in [1.807, 2.05) is 12.1 Å². The minimum absolute atomic E-state index is 0.0650. The summed E-state index contributed by atoms with van der Waals surface area (Å²) < 4.78 is 8.59. The van der Waals surface area contributed by atoms with Crippen molar-refractivity contribution < 1.29 is 4.42 Å². The van der Waals surface area contributed by atoms with Gasteiger partial charge in [0.25, 0.3) is 0 Å². The van der Waals surface area contributed by atoms with Gasteiger partial charge in [-0.25, -0.2) is 0 Å². The summed E-state index contributed by atoms with van der Waals surface area (Å²) >= 11 is 0. The normalized spacial score (nSPS) is 13.3. The molecule has 0 aliphatic heterocycles. The van der Waals surface area contributed by atoms with Crippen LogP contribution in [0.1, 0.15) is 41.7 Å². The van der Waals surface area contributed by atoms with Crippen molar-refractivity contribution in [3.63, 3.8) is 0 Å². The Morgan fingerprint density at radius 2 is 1.08 bits per heavy atom. The number of hydrogen-bond donors (Lipinski definition) is 0. The summed E-state index contributed by atoms with van der Waals surface area (Å²) in [5, 5.41) is 7.31. The third-order valence-electron chi connectivity index (χ3n) is 14.3. The lowest BCUT2D eigenvalue weighted by molar-refractivity contribution is 0.660. The van der Waals surface area contributed by atoms with Gasteiger partial charge in [0.05, 0.1) is 11.0 Å². The summed E-state index contributed by atoms with van der Waals surface area (Å²) in [7, 11) is 0. The van der Waals surface area contributed by atoms with Gasteiger partial charge in [0, 0.05) is 32.6 Å². The van der Waals surface area contributed by atoms with Gasteiger partial charge in [0.2, 0.25) is 0 Å². The Bertz CT molecular complexity index is 3910. The van der Waals surface area contributed by atoms with E-state index < -0.39 is 0 Å². The van der Waals surface area contributed by atoms with Gasteiger partial charge >= 0.3 is 0 Å². The van der Waals surface area contributed by atoms with Gasteiger partial charge in [-0.1, -0.05) is 190 Å². The van der Waals surface area contributed by atoms with Crippen molar-refractivity contribution in [2.24, 2.45) is 0 Å². The number of fused-ring (bicyclic) bond motifs is 10. The second-order valence-corrected chi connectivity index (χ2v) is 18.5. The maximum Gasteiger partial charge on any atom is 0.135 e. The Hall–Kier alpha value is -8.20. The van der Waals surface area contributed by atoms with Crippen molar-refractivity contribution >= 4 is 66.2 Å². The van der Waals surface area contributed by atoms with Gasteiger partial charge in [0.1, 0.15) is 11.2 Å². The van der Waals surface area contributed by atoms with Crippen molar-refractivity contribution in [3.8, 4) is 39.1 Å². The molecule has 0 amide bonds. The molecule has 1 aliphatic rings. The lowest BCUT2D eigenvalue weighted by atomic mass is 9.82. The molecule has 0 bridgehead atoms. The van der Waals surface area contributed by atoms with E-state index in [9.17, 15) is 0 Å². The number of aromatic nitrogens is 1. The third-order valence-corrected chi connectivity index (χ3v) is 14.3. The van der Waals surface area contributed by atoms with E-state index in [2.05, 4.69) is 231 Å². The number of allylic oxidation sites excluding steroid dienone is 1. The Morgan fingerprint density at radius 1 is 0.455 bits per heavy atom. The molecular formula is C64H45NO. The van der Waals surface area contributed by atoms with Gasteiger partial charge in [0.15, 0.2) is 0 Å². The second kappa shape index (κ2) is 14.9. The van der Waals surface area contributed by atoms with Crippen LogP contribution in [0.2, 0.25) is 0 Å². The summed E-state index contributed by atoms with van der Waals surface area (Å²) in [6.45, 7) is 4.71. The number of rotatable bonds is 7. The molecule has 2 heterocycles. The number of hydrogen-bond acceptors (Lipinski definition) is 1. The van der Waals surface area contributed by atoms with Gasteiger partial charge < -0.3 is 8.98 Å². The van der Waals surface area contributed by atoms with E-state index in [-0.39, 0.29) is 5.41 Å². The van der Waals surface area contributed by atoms with Crippen LogP contribution in [-0.2, 0) is 11.8 Å². The molecule has 0 unspecified atom stereocenters. The van der Waals surface area contributed by atoms with E-state index in [1.54, 1.807) is 0 Å². The average Bonchev–Trinajstić information content (AvgIpc) is 3.98. The van der Waals surface area contributed by atoms with E-state index >= 15 is 0 Å². The fraction of sp³-hybridized carbons (Fsp3) is 0.0625. The molecule has 2 aromatic heterocycles. The molecule has 12 aromatic rings. The zero-order valence-electron chi connectivity index (χ0n) is 36.9. The van der Waals surface area contributed by atoms with E-state index in [4.69, 9.17) is 4.42 Å². The smallest absolute Gasteiger partial charge is 0.135 e. The van der Waals surface area contributed by atoms with Crippen LogP contribution in [-0.4, -0.2) is 4.57 Å². The summed E-state index contributed by atoms with van der Waals surface area (Å²) in [6, 6.07) is 80.1. The molecule has 1 aliphatic carbocycles. The van der Waals surface area contributed by atoms with Gasteiger partial charge in [-0.05, 0) is 132 Å². The predicted molar refractivity (Wildman–Crippen MR) is 278 cm³/mol. The minimum Gasteiger partial charge on any atom is -0.456 e. The Labute approximate surface area is 384 Å². The van der Waals surface area contributed by atoms with Crippen LogP contribution in [0, 0.1) is 0 Å². The zero-order chi connectivity index (χ0) is 43.9. The van der Waals surface area contributed by atoms with Crippen LogP contribution in [0.5, 0.6) is 0 Å². The lowest BCUT2D eigenvalue weighted by Crippen LogP contribution is -2.15. The molecule has 0 saturated carbocycles. The van der Waals surface area contributed by atoms with Crippen LogP contribution in [0.15, 0.2) is 223 Å². The Balaban J connectivity index is 0.842. The zero-order valence-corrected chi connectivity index (χ0v) is 36.9. The molecule has 0 radical (unpaired) electrons. The van der Waals surface area contributed by atoms with Crippen molar-refractivity contribution in [2.75, 3.05) is 0 Å². The summed E-state index contributed by atoms with van der Waals surface area (Å²) in [5.41, 5.74) is 20.6. The molecule has 2 nitrogen and oxygen atoms in total. The fourth-order valence-electron chi connectivity index (χ4n) is 10.9. The lowest BCUT2D eigenvalue weighted by Gasteiger charge is -2.22. The minimum atomic E-state index is -0.0650. The predicted octanol–water partition coefficient (Wildman–Crippen LogP) is 17.3. The monoisotopic (exact) mass is 843 g/mol. The highest BCUT2D eigenvalue weighted by molar-refractivity contribution is 6.11. The first-order chi connectivity index (χ1) is 32.4. The standard InChI is InChI=1S/C64H45NO/c1-64(2)58-19-8-5-16-52(58)53-33-32-50(40-59(53)64)65-60-20-9-6-17-54(60)56-38-46(30-34-61(56)65)42-24-22-41(23-25-42)36-49(37-48-14-11-13-45-12-3-4-15-51(45)48)44-28-26-43(27-29-44)47-31-35-63-57(39-47)55-18-7-10-21-62(55)66-63/h3-35,37-40H,36H2,1-2H3/b49-37-. The Kier molecular flexibility index (Phi) is 8.66. The SMILES string of the molecule is CC1(C)c2ccccc2-c2ccc(-n3c4ccccc4c4cc(-c5ccc(C/C(=C/c6cccc7ccccc67)c6ccc(-c7ccc8oc9ccccc9c8c7)cc6)cc5)ccc43)cc21. The van der Waals surface area contributed by atoms with E-state index in [0.717, 1.165) is 28.4 Å². The topological polar surface area (TPSA) is 18.1 Å². The molecule has 2 heteroatoms. The first-order valence-corrected chi connectivity index (χ1v) is 23.0. The highest BCUT2D eigenvalue weighted by Gasteiger charge is 2.35. The van der Waals surface area contributed by atoms with Crippen LogP contribution >= 0.6 is 0 Å². The quantitative estimate of drug-likeness (QED) is 0.146. The van der Waals surface area contributed by atoms with Crippen molar-refractivity contribution in [1.82, 2.24) is 4.57 Å². The fourth-order valence-corrected chi connectivity index (χ4v) is 10.9. The molecule has 0 spiro atoms. The van der Waals surface area contributed by atoms with Crippen LogP contribution in [0.3, 0.4) is 0 Å². The summed E-state index contributed by atoms with van der Waals surface area (Å²) in [4.78, 5) is 0. The van der Waals surface area contributed by atoms with E-state index in [0.29, 0.717) is 0 Å². The highest BCUT2D eigenvalue weighted by Crippen LogP contribution is 2.49. The molecular weight excluding hydrogens is 799 g/mol. The van der Waals surface area contributed by atoms with Gasteiger partial charge in [-0.3, -0.25) is 0 Å². The Morgan fingerprint density at radius 3 is 1.92 bits per heavy atom. The average molecular weight is 844 g/mol. The first-order valence-electron chi connectivity index (χ1n) is 23.0. The third kappa shape index (κ3) is 6.17. The number of benzene rings is 10. The summed E-state index contributed by atoms with van der Waals surface area (Å²) in [5.74, 6) is 0. The molecule has 66 heavy (non-hydrogen) atoms. The molecule has 10 aromatic carbocycles. The molecule has 0 N–H and O–H groups in total. The summed E-state index contributed by atoms with van der Waals surface area (Å²) in [6.07, 6.45) is 3.18. The molecule has 0 atom stereocenters. The molecule has 13 rings (SSSR count). The maximum atomic E-state index is 6.13. The highest BCUT2D eigenvalue weighted by atomic mass is 16.3. The van der Waals surface area contributed by atoms with Crippen LogP contribution in [0.25, 0.3) is 105 Å². The van der Waals surface area contributed by atoms with Gasteiger partial charge in [-0.2, -0.15) is 0 Å². The van der Waals surface area contributed by atoms with Crippen LogP contribution < -0.4 is 0 Å².